The van der Waals surface area contributed by atoms with E-state index in [1.807, 2.05) is 48.5 Å². The standard InChI is InChI=1S/C46H28N6/c1-47-38-21-11-8-19-36(38)46-49-44(30-14-4-2-5-15-30)48-45(50-46)31-24-26-33(27-25-31)52-39-22-12-9-18-34(39)35-28-29-41-42(43(35)52)37-20-10-13-23-40(37)51(41)32-16-6-3-7-17-32/h2-29H. The molecule has 0 aliphatic rings. The van der Waals surface area contributed by atoms with Crippen molar-refractivity contribution in [2.24, 2.45) is 0 Å². The zero-order valence-corrected chi connectivity index (χ0v) is 27.8. The van der Waals surface area contributed by atoms with Gasteiger partial charge in [0, 0.05) is 49.6 Å². The fourth-order valence-corrected chi connectivity index (χ4v) is 7.49. The zero-order valence-electron chi connectivity index (χ0n) is 27.8. The number of aromatic nitrogens is 5. The Hall–Kier alpha value is -7.36. The van der Waals surface area contributed by atoms with Crippen LogP contribution in [0.3, 0.4) is 0 Å². The SMILES string of the molecule is [C-]#[N+]c1ccccc1-c1nc(-c2ccccc2)nc(-c2ccc(-n3c4ccccc4c4ccc5c(c6ccccc6n5-c5ccccc5)c43)cc2)n1. The molecule has 0 radical (unpaired) electrons. The highest BCUT2D eigenvalue weighted by atomic mass is 15.0. The average molecular weight is 665 g/mol. The molecule has 52 heavy (non-hydrogen) atoms. The molecule has 6 nitrogen and oxygen atoms in total. The van der Waals surface area contributed by atoms with Crippen molar-refractivity contribution < 1.29 is 0 Å². The average Bonchev–Trinajstić information content (AvgIpc) is 3.74. The summed E-state index contributed by atoms with van der Waals surface area (Å²) in [6, 6.07) is 58.2. The van der Waals surface area contributed by atoms with Gasteiger partial charge >= 0.3 is 0 Å². The fraction of sp³-hybridized carbons (Fsp3) is 0. The van der Waals surface area contributed by atoms with E-state index in [1.54, 1.807) is 6.07 Å². The second-order valence-electron chi connectivity index (χ2n) is 12.7. The summed E-state index contributed by atoms with van der Waals surface area (Å²) in [6.07, 6.45) is 0. The molecule has 0 aliphatic heterocycles. The Morgan fingerprint density at radius 1 is 0.404 bits per heavy atom. The van der Waals surface area contributed by atoms with Crippen LogP contribution in [0.25, 0.3) is 94.0 Å². The second kappa shape index (κ2) is 11.9. The Morgan fingerprint density at radius 3 is 1.69 bits per heavy atom. The smallest absolute Gasteiger partial charge is 0.198 e. The number of nitrogens with zero attached hydrogens (tertiary/aromatic N) is 6. The molecule has 0 unspecified atom stereocenters. The molecule has 0 amide bonds. The highest BCUT2D eigenvalue weighted by Crippen LogP contribution is 2.42. The van der Waals surface area contributed by atoms with Crippen molar-refractivity contribution in [3.05, 3.63) is 181 Å². The van der Waals surface area contributed by atoms with Gasteiger partial charge < -0.3 is 9.13 Å². The lowest BCUT2D eigenvalue weighted by atomic mass is 10.1. The molecular formula is C46H28N6. The summed E-state index contributed by atoms with van der Waals surface area (Å²) >= 11 is 0. The van der Waals surface area contributed by atoms with Crippen molar-refractivity contribution in [2.45, 2.75) is 0 Å². The van der Waals surface area contributed by atoms with Gasteiger partial charge in [-0.2, -0.15) is 0 Å². The van der Waals surface area contributed by atoms with E-state index in [4.69, 9.17) is 21.5 Å². The van der Waals surface area contributed by atoms with E-state index < -0.39 is 0 Å². The number of para-hydroxylation sites is 4. The first kappa shape index (κ1) is 29.5. The molecule has 3 heterocycles. The third-order valence-electron chi connectivity index (χ3n) is 9.80. The van der Waals surface area contributed by atoms with E-state index in [0.29, 0.717) is 28.7 Å². The third-order valence-corrected chi connectivity index (χ3v) is 9.80. The highest BCUT2D eigenvalue weighted by molar-refractivity contribution is 6.26. The summed E-state index contributed by atoms with van der Waals surface area (Å²) in [5.74, 6) is 1.58. The minimum absolute atomic E-state index is 0.471. The van der Waals surface area contributed by atoms with Crippen LogP contribution in [-0.4, -0.2) is 24.1 Å². The maximum atomic E-state index is 7.77. The fourth-order valence-electron chi connectivity index (χ4n) is 7.49. The van der Waals surface area contributed by atoms with Crippen LogP contribution in [0.15, 0.2) is 170 Å². The monoisotopic (exact) mass is 664 g/mol. The number of rotatable bonds is 5. The molecule has 0 spiro atoms. The maximum Gasteiger partial charge on any atom is 0.198 e. The van der Waals surface area contributed by atoms with Crippen LogP contribution < -0.4 is 0 Å². The molecule has 0 N–H and O–H groups in total. The Balaban J connectivity index is 1.19. The largest absolute Gasteiger partial charge is 0.309 e. The van der Waals surface area contributed by atoms with E-state index in [-0.39, 0.29) is 0 Å². The normalized spacial score (nSPS) is 11.4. The molecule has 0 fully saturated rings. The molecular weight excluding hydrogens is 637 g/mol. The third kappa shape index (κ3) is 4.61. The van der Waals surface area contributed by atoms with Gasteiger partial charge in [-0.25, -0.2) is 19.8 Å². The Morgan fingerprint density at radius 2 is 0.962 bits per heavy atom. The van der Waals surface area contributed by atoms with Crippen molar-refractivity contribution in [1.29, 1.82) is 0 Å². The van der Waals surface area contributed by atoms with Crippen molar-refractivity contribution in [3.8, 4) is 45.5 Å². The van der Waals surface area contributed by atoms with Crippen molar-refractivity contribution >= 4 is 49.3 Å². The first-order chi connectivity index (χ1) is 25.8. The molecule has 10 aromatic rings. The van der Waals surface area contributed by atoms with E-state index in [2.05, 4.69) is 129 Å². The maximum absolute atomic E-state index is 7.77. The van der Waals surface area contributed by atoms with Crippen LogP contribution >= 0.6 is 0 Å². The van der Waals surface area contributed by atoms with Crippen LogP contribution in [-0.2, 0) is 0 Å². The van der Waals surface area contributed by atoms with Gasteiger partial charge in [-0.1, -0.05) is 115 Å². The van der Waals surface area contributed by atoms with Crippen molar-refractivity contribution in [2.75, 3.05) is 0 Å². The number of hydrogen-bond acceptors (Lipinski definition) is 3. The van der Waals surface area contributed by atoms with Gasteiger partial charge in [0.2, 0.25) is 0 Å². The summed E-state index contributed by atoms with van der Waals surface area (Å²) in [5.41, 5.74) is 9.72. The second-order valence-corrected chi connectivity index (χ2v) is 12.7. The summed E-state index contributed by atoms with van der Waals surface area (Å²) in [6.45, 7) is 7.77. The summed E-state index contributed by atoms with van der Waals surface area (Å²) in [5, 5.41) is 4.83. The van der Waals surface area contributed by atoms with Crippen LogP contribution in [0.5, 0.6) is 0 Å². The van der Waals surface area contributed by atoms with Crippen LogP contribution in [0.2, 0.25) is 0 Å². The molecule has 10 rings (SSSR count). The lowest BCUT2D eigenvalue weighted by molar-refractivity contribution is 1.07. The molecule has 7 aromatic carbocycles. The summed E-state index contributed by atoms with van der Waals surface area (Å²) < 4.78 is 4.75. The Kier molecular flexibility index (Phi) is 6.76. The van der Waals surface area contributed by atoms with E-state index in [9.17, 15) is 0 Å². The molecule has 242 valence electrons. The number of fused-ring (bicyclic) bond motifs is 7. The van der Waals surface area contributed by atoms with Gasteiger partial charge in [0.05, 0.1) is 28.6 Å². The predicted molar refractivity (Wildman–Crippen MR) is 211 cm³/mol. The van der Waals surface area contributed by atoms with Crippen LogP contribution in [0.4, 0.5) is 5.69 Å². The summed E-state index contributed by atoms with van der Waals surface area (Å²) in [7, 11) is 0. The van der Waals surface area contributed by atoms with Crippen molar-refractivity contribution in [3.63, 3.8) is 0 Å². The van der Waals surface area contributed by atoms with Crippen LogP contribution in [0.1, 0.15) is 0 Å². The van der Waals surface area contributed by atoms with E-state index in [1.165, 1.54) is 32.6 Å². The lowest BCUT2D eigenvalue weighted by Gasteiger charge is -2.12. The van der Waals surface area contributed by atoms with Gasteiger partial charge in [0.15, 0.2) is 23.2 Å². The molecule has 6 heteroatoms. The topological polar surface area (TPSA) is 52.9 Å². The minimum atomic E-state index is 0.471. The molecule has 0 saturated heterocycles. The van der Waals surface area contributed by atoms with Gasteiger partial charge in [0.1, 0.15) is 0 Å². The van der Waals surface area contributed by atoms with Crippen LogP contribution in [0, 0.1) is 6.57 Å². The zero-order chi connectivity index (χ0) is 34.6. The number of benzene rings is 7. The first-order valence-electron chi connectivity index (χ1n) is 17.2. The van der Waals surface area contributed by atoms with E-state index >= 15 is 0 Å². The molecule has 0 saturated carbocycles. The quantitative estimate of drug-likeness (QED) is 0.172. The lowest BCUT2D eigenvalue weighted by Crippen LogP contribution is -2.00. The van der Waals surface area contributed by atoms with Crippen molar-refractivity contribution in [1.82, 2.24) is 24.1 Å². The van der Waals surface area contributed by atoms with Gasteiger partial charge in [-0.3, -0.25) is 0 Å². The van der Waals surface area contributed by atoms with Gasteiger partial charge in [0.25, 0.3) is 0 Å². The first-order valence-corrected chi connectivity index (χ1v) is 17.2. The van der Waals surface area contributed by atoms with Gasteiger partial charge in [-0.05, 0) is 54.6 Å². The predicted octanol–water partition coefficient (Wildman–Crippen LogP) is 11.6. The number of hydrogen-bond donors (Lipinski definition) is 0. The summed E-state index contributed by atoms with van der Waals surface area (Å²) in [4.78, 5) is 18.5. The van der Waals surface area contributed by atoms with E-state index in [0.717, 1.165) is 33.5 Å². The molecule has 0 bridgehead atoms. The highest BCUT2D eigenvalue weighted by Gasteiger charge is 2.21. The molecule has 0 aliphatic carbocycles. The Bertz CT molecular complexity index is 3010. The van der Waals surface area contributed by atoms with Gasteiger partial charge in [-0.15, -0.1) is 0 Å². The minimum Gasteiger partial charge on any atom is -0.309 e. The Labute approximate surface area is 299 Å². The molecule has 3 aromatic heterocycles. The molecule has 0 atom stereocenters.